The van der Waals surface area contributed by atoms with Crippen LogP contribution in [0.1, 0.15) is 219 Å². The van der Waals surface area contributed by atoms with Gasteiger partial charge in [-0.2, -0.15) is 0 Å². The highest BCUT2D eigenvalue weighted by atomic mass is 79.9. The fourth-order valence-corrected chi connectivity index (χ4v) is 13.6. The van der Waals surface area contributed by atoms with E-state index in [0.29, 0.717) is 55.8 Å². The molecule has 67 heavy (non-hydrogen) atoms. The van der Waals surface area contributed by atoms with Crippen molar-refractivity contribution in [1.82, 2.24) is 0 Å². The Balaban J connectivity index is 1.60. The van der Waals surface area contributed by atoms with Gasteiger partial charge in [-0.3, -0.25) is 0 Å². The van der Waals surface area contributed by atoms with E-state index in [4.69, 9.17) is 18.9 Å². The lowest BCUT2D eigenvalue weighted by Gasteiger charge is -2.17. The number of sulfone groups is 1. The van der Waals surface area contributed by atoms with Crippen LogP contribution < -0.4 is 9.47 Å². The Kier molecular flexibility index (Phi) is 40.2. The third-order valence-corrected chi connectivity index (χ3v) is 17.4. The minimum atomic E-state index is -3.89. The Morgan fingerprint density at radius 3 is 0.836 bits per heavy atom. The van der Waals surface area contributed by atoms with E-state index in [9.17, 15) is 8.42 Å². The Hall–Kier alpha value is 0.790. The number of rotatable bonds is 46. The molecular weight excluding hydrogens is 1260 g/mol. The van der Waals surface area contributed by atoms with Gasteiger partial charge in [-0.15, -0.1) is 0 Å². The summed E-state index contributed by atoms with van der Waals surface area (Å²) in [5.41, 5.74) is 0. The van der Waals surface area contributed by atoms with Crippen molar-refractivity contribution in [2.75, 3.05) is 39.6 Å². The molecule has 13 heteroatoms. The second-order valence-electron chi connectivity index (χ2n) is 18.5. The van der Waals surface area contributed by atoms with Gasteiger partial charge in [0.2, 0.25) is 9.84 Å². The third kappa shape index (κ3) is 31.2. The highest BCUT2D eigenvalue weighted by Gasteiger charge is 2.25. The standard InChI is InChI=1S/C54H88Br6O6S/c1-3-5-7-9-11-13-15-17-19-21-23-25-27-29-31-33-35-63-41-45(55)43-65-53-49(57)37-47(38-50(53)58)67(61,62)48-39-51(59)54(52(60)40-48)66-44-46(56)42-64-36-34-32-30-28-26-24-22-20-18-16-14-12-10-8-6-4-2/h37-40,45-46H,3-36,41-44H2,1-2H3. The summed E-state index contributed by atoms with van der Waals surface area (Å²) in [6, 6.07) is 6.31. The molecule has 2 aromatic carbocycles. The van der Waals surface area contributed by atoms with Crippen LogP contribution in [0.4, 0.5) is 0 Å². The summed E-state index contributed by atoms with van der Waals surface area (Å²) < 4.78 is 54.0. The minimum absolute atomic E-state index is 0.00732. The lowest BCUT2D eigenvalue weighted by Crippen LogP contribution is -2.18. The SMILES string of the molecule is CCCCCCCCCCCCCCCCCCOCC(Br)COc1c(Br)cc(S(=O)(=O)c2cc(Br)c(OCC(Br)COCCCCCCCCCCCCCCCCCC)c(Br)c2)cc1Br. The fourth-order valence-electron chi connectivity index (χ4n) is 8.17. The Morgan fingerprint density at radius 1 is 0.373 bits per heavy atom. The molecule has 6 nitrogen and oxygen atoms in total. The number of ether oxygens (including phenoxy) is 4. The Morgan fingerprint density at radius 2 is 0.597 bits per heavy atom. The van der Waals surface area contributed by atoms with Gasteiger partial charge >= 0.3 is 0 Å². The highest BCUT2D eigenvalue weighted by molar-refractivity contribution is 9.11. The first-order valence-corrected chi connectivity index (χ1v) is 32.9. The van der Waals surface area contributed by atoms with E-state index in [1.54, 1.807) is 24.3 Å². The van der Waals surface area contributed by atoms with Gasteiger partial charge < -0.3 is 18.9 Å². The first-order chi connectivity index (χ1) is 32.5. The van der Waals surface area contributed by atoms with Crippen molar-refractivity contribution >= 4 is 105 Å². The molecule has 0 aliphatic rings. The molecular formula is C54H88Br6O6S. The smallest absolute Gasteiger partial charge is 0.206 e. The molecule has 2 aromatic rings. The zero-order valence-corrected chi connectivity index (χ0v) is 51.8. The molecule has 2 atom stereocenters. The largest absolute Gasteiger partial charge is 0.490 e. The molecule has 0 heterocycles. The minimum Gasteiger partial charge on any atom is -0.490 e. The molecule has 388 valence electrons. The van der Waals surface area contributed by atoms with E-state index in [1.807, 2.05) is 0 Å². The molecule has 0 radical (unpaired) electrons. The van der Waals surface area contributed by atoms with Crippen LogP contribution in [0, 0.1) is 0 Å². The number of hydrogen-bond donors (Lipinski definition) is 0. The van der Waals surface area contributed by atoms with E-state index in [0.717, 1.165) is 26.1 Å². The number of benzene rings is 2. The van der Waals surface area contributed by atoms with Gasteiger partial charge in [0.25, 0.3) is 0 Å². The van der Waals surface area contributed by atoms with Crippen LogP contribution in [0.5, 0.6) is 11.5 Å². The van der Waals surface area contributed by atoms with Crippen LogP contribution in [-0.4, -0.2) is 57.7 Å². The van der Waals surface area contributed by atoms with Crippen molar-refractivity contribution in [2.24, 2.45) is 0 Å². The second kappa shape index (κ2) is 42.2. The van der Waals surface area contributed by atoms with Crippen LogP contribution in [0.15, 0.2) is 51.9 Å². The van der Waals surface area contributed by atoms with Crippen LogP contribution in [0.25, 0.3) is 0 Å². The molecule has 0 bridgehead atoms. The van der Waals surface area contributed by atoms with Crippen molar-refractivity contribution in [3.05, 3.63) is 42.2 Å². The maximum Gasteiger partial charge on any atom is 0.206 e. The molecule has 0 aliphatic carbocycles. The first kappa shape index (κ1) is 63.9. The molecule has 0 aliphatic heterocycles. The molecule has 0 saturated carbocycles. The van der Waals surface area contributed by atoms with Crippen LogP contribution in [0.2, 0.25) is 0 Å². The number of unbranched alkanes of at least 4 members (excludes halogenated alkanes) is 30. The summed E-state index contributed by atoms with van der Waals surface area (Å²) in [6.07, 6.45) is 43.3. The average molecular weight is 1340 g/mol. The molecule has 0 fully saturated rings. The maximum absolute atomic E-state index is 13.9. The van der Waals surface area contributed by atoms with Crippen molar-refractivity contribution in [3.8, 4) is 11.5 Å². The van der Waals surface area contributed by atoms with Crippen molar-refractivity contribution in [1.29, 1.82) is 0 Å². The topological polar surface area (TPSA) is 71.1 Å². The fraction of sp³-hybridized carbons (Fsp3) is 0.778. The Bertz CT molecular complexity index is 1470. The van der Waals surface area contributed by atoms with E-state index >= 15 is 0 Å². The number of halogens is 6. The Labute approximate surface area is 460 Å². The summed E-state index contributed by atoms with van der Waals surface area (Å²) in [7, 11) is -3.89. The summed E-state index contributed by atoms with van der Waals surface area (Å²) in [5, 5.41) is 0. The van der Waals surface area contributed by atoms with Crippen LogP contribution in [0.3, 0.4) is 0 Å². The van der Waals surface area contributed by atoms with Crippen molar-refractivity contribution in [2.45, 2.75) is 239 Å². The molecule has 0 amide bonds. The van der Waals surface area contributed by atoms with Crippen LogP contribution in [-0.2, 0) is 19.3 Å². The number of hydrogen-bond acceptors (Lipinski definition) is 6. The van der Waals surface area contributed by atoms with Crippen LogP contribution >= 0.6 is 95.6 Å². The van der Waals surface area contributed by atoms with Gasteiger partial charge in [0.15, 0.2) is 0 Å². The predicted molar refractivity (Wildman–Crippen MR) is 306 cm³/mol. The average Bonchev–Trinajstić information content (AvgIpc) is 3.30. The highest BCUT2D eigenvalue weighted by Crippen LogP contribution is 2.41. The first-order valence-electron chi connectivity index (χ1n) is 26.4. The molecule has 2 rings (SSSR count). The normalized spacial score (nSPS) is 12.8. The third-order valence-electron chi connectivity index (χ3n) is 12.3. The van der Waals surface area contributed by atoms with Gasteiger partial charge in [0, 0.05) is 13.2 Å². The molecule has 0 N–H and O–H groups in total. The quantitative estimate of drug-likeness (QED) is 0.0486. The predicted octanol–water partition coefficient (Wildman–Crippen LogP) is 20.4. The summed E-state index contributed by atoms with van der Waals surface area (Å²) in [5.74, 6) is 1.07. The maximum atomic E-state index is 13.9. The lowest BCUT2D eigenvalue weighted by molar-refractivity contribution is 0.121. The molecule has 0 aromatic heterocycles. The van der Waals surface area contributed by atoms with Gasteiger partial charge in [-0.25, -0.2) is 8.42 Å². The van der Waals surface area contributed by atoms with Gasteiger partial charge in [-0.05, 0) is 101 Å². The monoisotopic (exact) mass is 1340 g/mol. The lowest BCUT2D eigenvalue weighted by atomic mass is 10.0. The van der Waals surface area contributed by atoms with Gasteiger partial charge in [0.1, 0.15) is 24.7 Å². The van der Waals surface area contributed by atoms with Crippen molar-refractivity contribution in [3.63, 3.8) is 0 Å². The second-order valence-corrected chi connectivity index (χ2v) is 26.5. The summed E-state index contributed by atoms with van der Waals surface area (Å²) in [6.45, 7) is 7.85. The van der Waals surface area contributed by atoms with E-state index in [1.165, 1.54) is 193 Å². The van der Waals surface area contributed by atoms with E-state index in [2.05, 4.69) is 109 Å². The zero-order valence-electron chi connectivity index (χ0n) is 41.5. The molecule has 2 unspecified atom stereocenters. The molecule has 0 spiro atoms. The number of alkyl halides is 2. The van der Waals surface area contributed by atoms with Gasteiger partial charge in [-0.1, -0.05) is 238 Å². The van der Waals surface area contributed by atoms with Gasteiger partial charge in [0.05, 0.1) is 50.5 Å². The van der Waals surface area contributed by atoms with E-state index < -0.39 is 9.84 Å². The molecule has 0 saturated heterocycles. The van der Waals surface area contributed by atoms with E-state index in [-0.39, 0.29) is 19.4 Å². The van der Waals surface area contributed by atoms with Crippen molar-refractivity contribution < 1.29 is 27.4 Å². The zero-order chi connectivity index (χ0) is 48.8. The summed E-state index contributed by atoms with van der Waals surface area (Å²) >= 11 is 21.6. The summed E-state index contributed by atoms with van der Waals surface area (Å²) in [4.78, 5) is 0.246.